The van der Waals surface area contributed by atoms with Crippen LogP contribution in [0.4, 0.5) is 5.82 Å². The van der Waals surface area contributed by atoms with E-state index in [4.69, 9.17) is 26.1 Å². The van der Waals surface area contributed by atoms with Crippen molar-refractivity contribution in [2.24, 2.45) is 29.6 Å². The van der Waals surface area contributed by atoms with Crippen LogP contribution in [0.25, 0.3) is 11.2 Å². The fourth-order valence-electron chi connectivity index (χ4n) is 6.24. The Labute approximate surface area is 180 Å². The van der Waals surface area contributed by atoms with Crippen LogP contribution in [0, 0.1) is 29.6 Å². The maximum Gasteiger partial charge on any atom is 0.226 e. The first-order chi connectivity index (χ1) is 14.5. The summed E-state index contributed by atoms with van der Waals surface area (Å²) in [5.41, 5.74) is 1.61. The van der Waals surface area contributed by atoms with Crippen molar-refractivity contribution < 1.29 is 9.47 Å². The predicted molar refractivity (Wildman–Crippen MR) is 112 cm³/mol. The number of nitrogens with zero attached hydrogens (tertiary/aromatic N) is 4. The number of hydrogen-bond donors (Lipinski definition) is 1. The van der Waals surface area contributed by atoms with E-state index in [1.54, 1.807) is 0 Å². The van der Waals surface area contributed by atoms with Crippen LogP contribution in [0.3, 0.4) is 0 Å². The first kappa shape index (κ1) is 18.2. The largest absolute Gasteiger partial charge is 0.368 e. The van der Waals surface area contributed by atoms with E-state index >= 15 is 0 Å². The third kappa shape index (κ3) is 2.81. The topological polar surface area (TPSA) is 74.1 Å². The molecular weight excluding hydrogens is 402 g/mol. The van der Waals surface area contributed by atoms with Gasteiger partial charge in [0.25, 0.3) is 0 Å². The summed E-state index contributed by atoms with van der Waals surface area (Å²) in [7, 11) is 0. The lowest BCUT2D eigenvalue weighted by molar-refractivity contribution is -0.156. The van der Waals surface area contributed by atoms with Crippen molar-refractivity contribution in [2.75, 3.05) is 11.9 Å². The van der Waals surface area contributed by atoms with Gasteiger partial charge in [0.1, 0.15) is 6.10 Å². The van der Waals surface area contributed by atoms with Crippen LogP contribution in [0.1, 0.15) is 52.0 Å². The second-order valence-corrected chi connectivity index (χ2v) is 10.8. The van der Waals surface area contributed by atoms with Gasteiger partial charge in [0.2, 0.25) is 5.28 Å². The van der Waals surface area contributed by atoms with Crippen molar-refractivity contribution in [3.63, 3.8) is 0 Å². The molecule has 2 aromatic rings. The Morgan fingerprint density at radius 2 is 1.87 bits per heavy atom. The number of fused-ring (bicyclic) bond motifs is 4. The Balaban J connectivity index is 1.21. The molecule has 0 amide bonds. The summed E-state index contributed by atoms with van der Waals surface area (Å²) in [6.07, 6.45) is 8.80. The summed E-state index contributed by atoms with van der Waals surface area (Å²) in [5.74, 6) is 3.91. The lowest BCUT2D eigenvalue weighted by Crippen LogP contribution is -2.30. The molecule has 0 unspecified atom stereocenters. The third-order valence-electron chi connectivity index (χ3n) is 7.93. The van der Waals surface area contributed by atoms with E-state index in [-0.39, 0.29) is 23.5 Å². The molecule has 5 atom stereocenters. The van der Waals surface area contributed by atoms with Crippen LogP contribution >= 0.6 is 11.6 Å². The second kappa shape index (κ2) is 6.08. The lowest BCUT2D eigenvalue weighted by atomic mass is 9.98. The molecule has 1 N–H and O–H groups in total. The molecule has 2 aromatic heterocycles. The molecule has 7 nitrogen and oxygen atoms in total. The minimum absolute atomic E-state index is 0.0420. The van der Waals surface area contributed by atoms with Gasteiger partial charge in [-0.2, -0.15) is 9.97 Å². The van der Waals surface area contributed by atoms with Gasteiger partial charge < -0.3 is 19.4 Å². The van der Waals surface area contributed by atoms with E-state index in [1.165, 1.54) is 32.1 Å². The van der Waals surface area contributed by atoms with Gasteiger partial charge in [0.05, 0.1) is 18.5 Å². The number of halogens is 1. The molecule has 0 radical (unpaired) electrons. The van der Waals surface area contributed by atoms with E-state index in [0.29, 0.717) is 11.8 Å². The average Bonchev–Trinajstić information content (AvgIpc) is 3.58. The summed E-state index contributed by atoms with van der Waals surface area (Å²) in [5, 5.41) is 3.86. The molecule has 1 saturated heterocycles. The molecule has 0 bridgehead atoms. The van der Waals surface area contributed by atoms with E-state index in [9.17, 15) is 0 Å². The number of ether oxygens (including phenoxy) is 2. The molecular formula is C22H28ClN5O2. The van der Waals surface area contributed by atoms with Gasteiger partial charge in [-0.3, -0.25) is 0 Å². The highest BCUT2D eigenvalue weighted by atomic mass is 35.5. The first-order valence-corrected chi connectivity index (χ1v) is 11.9. The van der Waals surface area contributed by atoms with Crippen LogP contribution in [0.5, 0.6) is 0 Å². The van der Waals surface area contributed by atoms with E-state index in [2.05, 4.69) is 19.9 Å². The SMILES string of the molecule is CC1(C)O[C@@H]2[C@@H]3C[C@@H]3[C@@H](n3cnc4c(NCC(C5CC5)C5CC5)nc(Cl)nc43)[C@@H]2O1. The number of hydrogen-bond acceptors (Lipinski definition) is 6. The maximum absolute atomic E-state index is 6.37. The highest BCUT2D eigenvalue weighted by Crippen LogP contribution is 2.63. The maximum atomic E-state index is 6.37. The Hall–Kier alpha value is -1.44. The van der Waals surface area contributed by atoms with Gasteiger partial charge in [0, 0.05) is 6.54 Å². The molecule has 5 fully saturated rings. The fraction of sp³-hybridized carbons (Fsp3) is 0.773. The van der Waals surface area contributed by atoms with Gasteiger partial charge in [0.15, 0.2) is 22.8 Å². The van der Waals surface area contributed by atoms with Crippen molar-refractivity contribution in [1.29, 1.82) is 0 Å². The van der Waals surface area contributed by atoms with Crippen LogP contribution in [0.2, 0.25) is 5.28 Å². The number of rotatable bonds is 6. The van der Waals surface area contributed by atoms with Gasteiger partial charge in [-0.25, -0.2) is 4.98 Å². The minimum atomic E-state index is -0.530. The first-order valence-electron chi connectivity index (χ1n) is 11.5. The third-order valence-corrected chi connectivity index (χ3v) is 8.10. The van der Waals surface area contributed by atoms with Gasteiger partial charge >= 0.3 is 0 Å². The minimum Gasteiger partial charge on any atom is -0.368 e. The monoisotopic (exact) mass is 429 g/mol. The Morgan fingerprint density at radius 1 is 1.13 bits per heavy atom. The molecule has 0 spiro atoms. The molecule has 7 rings (SSSR count). The van der Waals surface area contributed by atoms with E-state index in [0.717, 1.165) is 41.3 Å². The quantitative estimate of drug-likeness (QED) is 0.698. The van der Waals surface area contributed by atoms with Crippen molar-refractivity contribution in [2.45, 2.75) is 70.0 Å². The second-order valence-electron chi connectivity index (χ2n) is 10.5. The zero-order valence-electron chi connectivity index (χ0n) is 17.4. The highest BCUT2D eigenvalue weighted by molar-refractivity contribution is 6.28. The molecule has 1 aliphatic heterocycles. The summed E-state index contributed by atoms with van der Waals surface area (Å²) in [6, 6.07) is 0.191. The van der Waals surface area contributed by atoms with E-state index in [1.807, 2.05) is 20.2 Å². The normalized spacial score (nSPS) is 36.3. The fourth-order valence-corrected chi connectivity index (χ4v) is 6.40. The predicted octanol–water partition coefficient (Wildman–Crippen LogP) is 4.04. The van der Waals surface area contributed by atoms with Crippen molar-refractivity contribution in [1.82, 2.24) is 19.5 Å². The molecule has 4 saturated carbocycles. The molecule has 3 heterocycles. The zero-order chi connectivity index (χ0) is 20.2. The van der Waals surface area contributed by atoms with Crippen LogP contribution in [0.15, 0.2) is 6.33 Å². The molecule has 4 aliphatic carbocycles. The number of anilines is 1. The molecule has 5 aliphatic rings. The van der Waals surface area contributed by atoms with Gasteiger partial charge in [-0.05, 0) is 87.1 Å². The summed E-state index contributed by atoms with van der Waals surface area (Å²) < 4.78 is 14.7. The van der Waals surface area contributed by atoms with E-state index < -0.39 is 5.79 Å². The van der Waals surface area contributed by atoms with Crippen molar-refractivity contribution in [3.05, 3.63) is 11.6 Å². The van der Waals surface area contributed by atoms with Gasteiger partial charge in [-0.1, -0.05) is 0 Å². The smallest absolute Gasteiger partial charge is 0.226 e. The van der Waals surface area contributed by atoms with Crippen LogP contribution < -0.4 is 5.32 Å². The highest BCUT2D eigenvalue weighted by Gasteiger charge is 2.66. The van der Waals surface area contributed by atoms with Crippen LogP contribution in [-0.4, -0.2) is 44.1 Å². The van der Waals surface area contributed by atoms with Crippen molar-refractivity contribution in [3.8, 4) is 0 Å². The summed E-state index contributed by atoms with van der Waals surface area (Å²) in [4.78, 5) is 13.8. The molecule has 8 heteroatoms. The lowest BCUT2D eigenvalue weighted by Gasteiger charge is -2.24. The molecule has 30 heavy (non-hydrogen) atoms. The molecule has 160 valence electrons. The summed E-state index contributed by atoms with van der Waals surface area (Å²) >= 11 is 6.37. The Bertz CT molecular complexity index is 1000. The average molecular weight is 430 g/mol. The molecule has 0 aromatic carbocycles. The zero-order valence-corrected chi connectivity index (χ0v) is 18.2. The van der Waals surface area contributed by atoms with Gasteiger partial charge in [-0.15, -0.1) is 0 Å². The number of imidazole rings is 1. The Morgan fingerprint density at radius 3 is 2.60 bits per heavy atom. The number of aromatic nitrogens is 4. The summed E-state index contributed by atoms with van der Waals surface area (Å²) in [6.45, 7) is 4.96. The van der Waals surface area contributed by atoms with Crippen LogP contribution in [-0.2, 0) is 9.47 Å². The standard InChI is InChI=1S/C22H28ClN5O2/c1-22(2)29-17-13-7-12(13)16(18(17)30-22)28-9-25-15-19(26-21(23)27-20(15)28)24-8-14(10-3-4-10)11-5-6-11/h9-14,16-18H,3-8H2,1-2H3,(H,24,26,27)/t12-,13+,16+,17+,18-/m0/s1. The Kier molecular flexibility index (Phi) is 3.68. The van der Waals surface area contributed by atoms with Crippen molar-refractivity contribution >= 4 is 28.6 Å². The number of nitrogens with one attached hydrogen (secondary N) is 1.